The standard InChI is InChI=1S/C21H18N2O3/c1-13-12-23-17(10-14-6-4-5-7-16(14)21(23)22-13)20(24)15-8-9-18(25-2)19(11-15)26-3/h4-12H,1-3H3. The molecule has 4 rings (SSSR count). The quantitative estimate of drug-likeness (QED) is 0.523. The predicted molar refractivity (Wildman–Crippen MR) is 100 cm³/mol. The number of methoxy groups -OCH3 is 2. The van der Waals surface area contributed by atoms with Crippen LogP contribution in [0, 0.1) is 6.92 Å². The molecule has 2 aromatic carbocycles. The predicted octanol–water partition coefficient (Wildman–Crippen LogP) is 4.04. The van der Waals surface area contributed by atoms with E-state index in [1.807, 2.05) is 47.9 Å². The van der Waals surface area contributed by atoms with Crippen molar-refractivity contribution in [2.45, 2.75) is 6.92 Å². The zero-order valence-electron chi connectivity index (χ0n) is 14.8. The summed E-state index contributed by atoms with van der Waals surface area (Å²) in [5.74, 6) is 1.02. The van der Waals surface area contributed by atoms with Crippen LogP contribution in [0.1, 0.15) is 21.7 Å². The van der Waals surface area contributed by atoms with Crippen molar-refractivity contribution in [2.24, 2.45) is 0 Å². The normalized spacial score (nSPS) is 11.0. The third-order valence-corrected chi connectivity index (χ3v) is 4.46. The fourth-order valence-corrected chi connectivity index (χ4v) is 3.22. The van der Waals surface area contributed by atoms with Gasteiger partial charge < -0.3 is 9.47 Å². The number of aryl methyl sites for hydroxylation is 1. The smallest absolute Gasteiger partial charge is 0.209 e. The van der Waals surface area contributed by atoms with E-state index in [4.69, 9.17) is 9.47 Å². The largest absolute Gasteiger partial charge is 0.493 e. The van der Waals surface area contributed by atoms with E-state index in [-0.39, 0.29) is 5.78 Å². The summed E-state index contributed by atoms with van der Waals surface area (Å²) < 4.78 is 12.4. The van der Waals surface area contributed by atoms with Crippen molar-refractivity contribution < 1.29 is 14.3 Å². The van der Waals surface area contributed by atoms with Gasteiger partial charge in [0, 0.05) is 17.1 Å². The highest BCUT2D eigenvalue weighted by atomic mass is 16.5. The van der Waals surface area contributed by atoms with Crippen LogP contribution in [0.2, 0.25) is 0 Å². The molecule has 0 amide bonds. The zero-order valence-corrected chi connectivity index (χ0v) is 14.8. The molecule has 0 fully saturated rings. The summed E-state index contributed by atoms with van der Waals surface area (Å²) in [6, 6.07) is 15.0. The number of carbonyl (C=O) groups is 1. The number of nitrogens with zero attached hydrogens (tertiary/aromatic N) is 2. The molecule has 2 heterocycles. The Kier molecular flexibility index (Phi) is 3.84. The Morgan fingerprint density at radius 1 is 1.00 bits per heavy atom. The Labute approximate surface area is 150 Å². The molecular formula is C21H18N2O3. The third kappa shape index (κ3) is 2.49. The topological polar surface area (TPSA) is 52.8 Å². The van der Waals surface area contributed by atoms with Crippen LogP contribution < -0.4 is 9.47 Å². The summed E-state index contributed by atoms with van der Waals surface area (Å²) >= 11 is 0. The number of aromatic nitrogens is 2. The number of fused-ring (bicyclic) bond motifs is 3. The van der Waals surface area contributed by atoms with Gasteiger partial charge in [0.25, 0.3) is 0 Å². The lowest BCUT2D eigenvalue weighted by atomic mass is 10.0. The van der Waals surface area contributed by atoms with Crippen LogP contribution in [0.3, 0.4) is 0 Å². The first kappa shape index (κ1) is 16.1. The summed E-state index contributed by atoms with van der Waals surface area (Å²) in [6.45, 7) is 1.92. The van der Waals surface area contributed by atoms with Crippen molar-refractivity contribution >= 4 is 22.2 Å². The van der Waals surface area contributed by atoms with Crippen molar-refractivity contribution in [3.05, 3.63) is 71.7 Å². The molecule has 0 saturated heterocycles. The van der Waals surface area contributed by atoms with E-state index >= 15 is 0 Å². The SMILES string of the molecule is COc1ccc(C(=O)c2cc3ccccc3c3nc(C)cn23)cc1OC. The van der Waals surface area contributed by atoms with Crippen LogP contribution in [0.25, 0.3) is 16.4 Å². The van der Waals surface area contributed by atoms with Gasteiger partial charge in [0.2, 0.25) is 5.78 Å². The van der Waals surface area contributed by atoms with E-state index in [1.54, 1.807) is 32.4 Å². The molecule has 5 heteroatoms. The van der Waals surface area contributed by atoms with Crippen molar-refractivity contribution in [3.8, 4) is 11.5 Å². The molecule has 0 aliphatic rings. The van der Waals surface area contributed by atoms with E-state index in [0.717, 1.165) is 22.1 Å². The van der Waals surface area contributed by atoms with Crippen LogP contribution in [0.15, 0.2) is 54.7 Å². The number of ketones is 1. The van der Waals surface area contributed by atoms with Crippen molar-refractivity contribution in [2.75, 3.05) is 14.2 Å². The molecule has 5 nitrogen and oxygen atoms in total. The van der Waals surface area contributed by atoms with Crippen molar-refractivity contribution in [1.82, 2.24) is 9.38 Å². The Morgan fingerprint density at radius 3 is 2.54 bits per heavy atom. The third-order valence-electron chi connectivity index (χ3n) is 4.46. The maximum atomic E-state index is 13.2. The second-order valence-electron chi connectivity index (χ2n) is 6.09. The number of hydrogen-bond acceptors (Lipinski definition) is 4. The van der Waals surface area contributed by atoms with Crippen LogP contribution in [-0.4, -0.2) is 29.4 Å². The van der Waals surface area contributed by atoms with E-state index in [9.17, 15) is 4.79 Å². The molecule has 0 saturated carbocycles. The van der Waals surface area contributed by atoms with E-state index < -0.39 is 0 Å². The van der Waals surface area contributed by atoms with Gasteiger partial charge in [-0.2, -0.15) is 0 Å². The molecule has 26 heavy (non-hydrogen) atoms. The summed E-state index contributed by atoms with van der Waals surface area (Å²) in [7, 11) is 3.13. The monoisotopic (exact) mass is 346 g/mol. The van der Waals surface area contributed by atoms with Crippen molar-refractivity contribution in [3.63, 3.8) is 0 Å². The summed E-state index contributed by atoms with van der Waals surface area (Å²) in [6.07, 6.45) is 1.88. The number of imidazole rings is 1. The molecule has 0 spiro atoms. The molecule has 0 unspecified atom stereocenters. The first-order valence-corrected chi connectivity index (χ1v) is 8.26. The number of pyridine rings is 1. The average Bonchev–Trinajstić information content (AvgIpc) is 3.07. The van der Waals surface area contributed by atoms with E-state index in [1.165, 1.54) is 0 Å². The highest BCUT2D eigenvalue weighted by molar-refractivity contribution is 6.11. The fraction of sp³-hybridized carbons (Fsp3) is 0.143. The summed E-state index contributed by atoms with van der Waals surface area (Å²) in [5, 5.41) is 2.00. The lowest BCUT2D eigenvalue weighted by Gasteiger charge is -2.11. The highest BCUT2D eigenvalue weighted by Gasteiger charge is 2.18. The lowest BCUT2D eigenvalue weighted by Crippen LogP contribution is -2.08. The highest BCUT2D eigenvalue weighted by Crippen LogP contribution is 2.29. The number of hydrogen-bond donors (Lipinski definition) is 0. The van der Waals surface area contributed by atoms with Gasteiger partial charge >= 0.3 is 0 Å². The molecule has 0 N–H and O–H groups in total. The minimum Gasteiger partial charge on any atom is -0.493 e. The Morgan fingerprint density at radius 2 is 1.77 bits per heavy atom. The Hall–Kier alpha value is -3.34. The van der Waals surface area contributed by atoms with Gasteiger partial charge in [-0.1, -0.05) is 24.3 Å². The van der Waals surface area contributed by atoms with Gasteiger partial charge in [0.05, 0.1) is 25.6 Å². The molecule has 0 aliphatic carbocycles. The second kappa shape index (κ2) is 6.19. The maximum Gasteiger partial charge on any atom is 0.209 e. The van der Waals surface area contributed by atoms with Gasteiger partial charge in [-0.25, -0.2) is 4.98 Å². The summed E-state index contributed by atoms with van der Waals surface area (Å²) in [4.78, 5) is 17.8. The maximum absolute atomic E-state index is 13.2. The molecule has 2 aromatic heterocycles. The zero-order chi connectivity index (χ0) is 18.3. The van der Waals surface area contributed by atoms with Crippen molar-refractivity contribution in [1.29, 1.82) is 0 Å². The van der Waals surface area contributed by atoms with E-state index in [2.05, 4.69) is 4.98 Å². The average molecular weight is 346 g/mol. The molecule has 4 aromatic rings. The number of rotatable bonds is 4. The van der Waals surface area contributed by atoms with Crippen LogP contribution in [-0.2, 0) is 0 Å². The summed E-state index contributed by atoms with van der Waals surface area (Å²) in [5.41, 5.74) is 2.74. The molecule has 0 atom stereocenters. The van der Waals surface area contributed by atoms with Crippen LogP contribution in [0.4, 0.5) is 0 Å². The first-order valence-electron chi connectivity index (χ1n) is 8.26. The molecule has 0 bridgehead atoms. The Balaban J connectivity index is 1.94. The second-order valence-corrected chi connectivity index (χ2v) is 6.09. The van der Waals surface area contributed by atoms with Gasteiger partial charge in [-0.3, -0.25) is 9.20 Å². The van der Waals surface area contributed by atoms with E-state index in [0.29, 0.717) is 22.8 Å². The van der Waals surface area contributed by atoms with Crippen LogP contribution >= 0.6 is 0 Å². The number of carbonyl (C=O) groups excluding carboxylic acids is 1. The number of benzene rings is 2. The lowest BCUT2D eigenvalue weighted by molar-refractivity contribution is 0.103. The number of ether oxygens (including phenoxy) is 2. The fourth-order valence-electron chi connectivity index (χ4n) is 3.22. The molecular weight excluding hydrogens is 328 g/mol. The van der Waals surface area contributed by atoms with Gasteiger partial charge in [0.15, 0.2) is 11.5 Å². The first-order chi connectivity index (χ1) is 12.6. The minimum absolute atomic E-state index is 0.0980. The Bertz CT molecular complexity index is 1140. The van der Waals surface area contributed by atoms with Gasteiger partial charge in [-0.05, 0) is 36.6 Å². The minimum atomic E-state index is -0.0980. The van der Waals surface area contributed by atoms with Gasteiger partial charge in [-0.15, -0.1) is 0 Å². The van der Waals surface area contributed by atoms with Crippen LogP contribution in [0.5, 0.6) is 11.5 Å². The van der Waals surface area contributed by atoms with Gasteiger partial charge in [0.1, 0.15) is 5.65 Å². The molecule has 0 aliphatic heterocycles. The molecule has 130 valence electrons. The molecule has 0 radical (unpaired) electrons.